The molecule has 0 radical (unpaired) electrons. The van der Waals surface area contributed by atoms with Crippen LogP contribution in [0.2, 0.25) is 0 Å². The van der Waals surface area contributed by atoms with Crippen LogP contribution in [0.4, 0.5) is 0 Å². The number of rotatable bonds is 3. The fourth-order valence-corrected chi connectivity index (χ4v) is 2.36. The largest absolute Gasteiger partial charge is 0.391 e. The van der Waals surface area contributed by atoms with Gasteiger partial charge in [-0.25, -0.2) is 0 Å². The van der Waals surface area contributed by atoms with Gasteiger partial charge < -0.3 is 5.11 Å². The second-order valence-corrected chi connectivity index (χ2v) is 4.98. The van der Waals surface area contributed by atoms with Gasteiger partial charge >= 0.3 is 0 Å². The molecule has 1 aliphatic rings. The lowest BCUT2D eigenvalue weighted by Gasteiger charge is -2.41. The average Bonchev–Trinajstić information content (AvgIpc) is 2.44. The third kappa shape index (κ3) is 2.71. The zero-order valence-electron chi connectivity index (χ0n) is 9.92. The van der Waals surface area contributed by atoms with Gasteiger partial charge in [0.2, 0.25) is 0 Å². The lowest BCUT2D eigenvalue weighted by Crippen LogP contribution is -2.52. The summed E-state index contributed by atoms with van der Waals surface area (Å²) in [5.41, 5.74) is -0.0426. The van der Waals surface area contributed by atoms with E-state index >= 15 is 0 Å². The third-order valence-corrected chi connectivity index (χ3v) is 3.62. The highest BCUT2D eigenvalue weighted by Gasteiger charge is 2.33. The van der Waals surface area contributed by atoms with Gasteiger partial charge in [-0.05, 0) is 46.2 Å². The Balaban J connectivity index is 2.59. The van der Waals surface area contributed by atoms with E-state index in [9.17, 15) is 5.11 Å². The lowest BCUT2D eigenvalue weighted by atomic mass is 9.92. The number of hydrogen-bond acceptors (Lipinski definition) is 2. The van der Waals surface area contributed by atoms with Crippen LogP contribution >= 0.6 is 0 Å². The van der Waals surface area contributed by atoms with Gasteiger partial charge in [-0.3, -0.25) is 4.90 Å². The Hall–Kier alpha value is -0.0800. The standard InChI is InChI=1S/C12H25NO/c1-4-11(14)12(2,3)13-9-7-5-6-8-10-13/h11,14H,4-10H2,1-3H3. The van der Waals surface area contributed by atoms with Crippen LogP contribution in [0.1, 0.15) is 52.9 Å². The first-order valence-corrected chi connectivity index (χ1v) is 6.02. The summed E-state index contributed by atoms with van der Waals surface area (Å²) in [7, 11) is 0. The van der Waals surface area contributed by atoms with E-state index in [-0.39, 0.29) is 11.6 Å². The van der Waals surface area contributed by atoms with Crippen molar-refractivity contribution in [2.45, 2.75) is 64.5 Å². The van der Waals surface area contributed by atoms with E-state index in [4.69, 9.17) is 0 Å². The molecule has 1 atom stereocenters. The molecule has 0 spiro atoms. The molecule has 0 aliphatic carbocycles. The highest BCUT2D eigenvalue weighted by Crippen LogP contribution is 2.24. The highest BCUT2D eigenvalue weighted by atomic mass is 16.3. The van der Waals surface area contributed by atoms with E-state index in [1.165, 1.54) is 25.7 Å². The Morgan fingerprint density at radius 1 is 1.14 bits per heavy atom. The molecule has 1 rings (SSSR count). The first-order chi connectivity index (χ1) is 6.59. The Kier molecular flexibility index (Phi) is 4.39. The van der Waals surface area contributed by atoms with Crippen LogP contribution in [0.15, 0.2) is 0 Å². The quantitative estimate of drug-likeness (QED) is 0.754. The Labute approximate surface area is 88.3 Å². The predicted molar refractivity (Wildman–Crippen MR) is 60.4 cm³/mol. The third-order valence-electron chi connectivity index (χ3n) is 3.62. The van der Waals surface area contributed by atoms with Gasteiger partial charge in [0.15, 0.2) is 0 Å². The molecule has 84 valence electrons. The van der Waals surface area contributed by atoms with Crippen LogP contribution in [0.5, 0.6) is 0 Å². The lowest BCUT2D eigenvalue weighted by molar-refractivity contribution is -0.0101. The fourth-order valence-electron chi connectivity index (χ4n) is 2.36. The molecule has 1 heterocycles. The van der Waals surface area contributed by atoms with Crippen LogP contribution in [0, 0.1) is 0 Å². The van der Waals surface area contributed by atoms with Crippen molar-refractivity contribution in [1.82, 2.24) is 4.90 Å². The van der Waals surface area contributed by atoms with Gasteiger partial charge in [-0.2, -0.15) is 0 Å². The molecule has 0 bridgehead atoms. The van der Waals surface area contributed by atoms with E-state index < -0.39 is 0 Å². The first kappa shape index (κ1) is 12.0. The average molecular weight is 199 g/mol. The minimum Gasteiger partial charge on any atom is -0.391 e. The monoisotopic (exact) mass is 199 g/mol. The Bertz CT molecular complexity index is 160. The summed E-state index contributed by atoms with van der Waals surface area (Å²) in [6.45, 7) is 8.72. The van der Waals surface area contributed by atoms with Gasteiger partial charge in [-0.1, -0.05) is 19.8 Å². The maximum absolute atomic E-state index is 9.99. The summed E-state index contributed by atoms with van der Waals surface area (Å²) in [5.74, 6) is 0. The molecule has 1 saturated heterocycles. The number of hydrogen-bond donors (Lipinski definition) is 1. The summed E-state index contributed by atoms with van der Waals surface area (Å²) in [4.78, 5) is 2.47. The zero-order chi connectivity index (χ0) is 10.6. The maximum Gasteiger partial charge on any atom is 0.0715 e. The van der Waals surface area contributed by atoms with Crippen molar-refractivity contribution in [3.63, 3.8) is 0 Å². The van der Waals surface area contributed by atoms with Gasteiger partial charge in [0, 0.05) is 5.54 Å². The van der Waals surface area contributed by atoms with Gasteiger partial charge in [-0.15, -0.1) is 0 Å². The van der Waals surface area contributed by atoms with E-state index in [0.29, 0.717) is 0 Å². The summed E-state index contributed by atoms with van der Waals surface area (Å²) in [6, 6.07) is 0. The summed E-state index contributed by atoms with van der Waals surface area (Å²) in [6.07, 6.45) is 5.95. The highest BCUT2D eigenvalue weighted by molar-refractivity contribution is 4.88. The minimum absolute atomic E-state index is 0.0426. The molecule has 2 heteroatoms. The predicted octanol–water partition coefficient (Wildman–Crippen LogP) is 2.41. The first-order valence-electron chi connectivity index (χ1n) is 6.02. The molecule has 1 N–H and O–H groups in total. The molecule has 0 amide bonds. The van der Waals surface area contributed by atoms with Gasteiger partial charge in [0.05, 0.1) is 6.10 Å². The second-order valence-electron chi connectivity index (χ2n) is 4.98. The number of aliphatic hydroxyl groups excluding tert-OH is 1. The number of nitrogens with zero attached hydrogens (tertiary/aromatic N) is 1. The zero-order valence-corrected chi connectivity index (χ0v) is 9.92. The van der Waals surface area contributed by atoms with Crippen molar-refractivity contribution >= 4 is 0 Å². The molecule has 0 saturated carbocycles. The van der Waals surface area contributed by atoms with Crippen LogP contribution in [-0.4, -0.2) is 34.7 Å². The normalized spacial score (nSPS) is 23.1. The van der Waals surface area contributed by atoms with Crippen molar-refractivity contribution < 1.29 is 5.11 Å². The molecule has 0 aromatic carbocycles. The second kappa shape index (κ2) is 5.13. The fraction of sp³-hybridized carbons (Fsp3) is 1.00. The smallest absolute Gasteiger partial charge is 0.0715 e. The van der Waals surface area contributed by atoms with E-state index in [2.05, 4.69) is 25.7 Å². The minimum atomic E-state index is -0.194. The molecule has 0 aromatic rings. The molecular weight excluding hydrogens is 174 g/mol. The summed E-state index contributed by atoms with van der Waals surface area (Å²) >= 11 is 0. The van der Waals surface area contributed by atoms with E-state index in [1.54, 1.807) is 0 Å². The van der Waals surface area contributed by atoms with E-state index in [1.807, 2.05) is 0 Å². The topological polar surface area (TPSA) is 23.5 Å². The molecule has 0 aromatic heterocycles. The molecular formula is C12H25NO. The van der Waals surface area contributed by atoms with Crippen molar-refractivity contribution in [3.05, 3.63) is 0 Å². The Morgan fingerprint density at radius 2 is 1.64 bits per heavy atom. The SMILES string of the molecule is CCC(O)C(C)(C)N1CCCCCC1. The van der Waals surface area contributed by atoms with Crippen LogP contribution in [-0.2, 0) is 0 Å². The van der Waals surface area contributed by atoms with Crippen molar-refractivity contribution in [2.24, 2.45) is 0 Å². The van der Waals surface area contributed by atoms with Crippen molar-refractivity contribution in [1.29, 1.82) is 0 Å². The molecule has 14 heavy (non-hydrogen) atoms. The molecule has 1 fully saturated rings. The van der Waals surface area contributed by atoms with Crippen LogP contribution in [0.25, 0.3) is 0 Å². The van der Waals surface area contributed by atoms with E-state index in [0.717, 1.165) is 19.5 Å². The maximum atomic E-state index is 9.99. The number of aliphatic hydroxyl groups is 1. The van der Waals surface area contributed by atoms with Gasteiger partial charge in [0.1, 0.15) is 0 Å². The van der Waals surface area contributed by atoms with Gasteiger partial charge in [0.25, 0.3) is 0 Å². The van der Waals surface area contributed by atoms with Crippen LogP contribution < -0.4 is 0 Å². The van der Waals surface area contributed by atoms with Crippen LogP contribution in [0.3, 0.4) is 0 Å². The van der Waals surface area contributed by atoms with Crippen molar-refractivity contribution in [3.8, 4) is 0 Å². The summed E-state index contributed by atoms with van der Waals surface area (Å²) in [5, 5.41) is 9.99. The summed E-state index contributed by atoms with van der Waals surface area (Å²) < 4.78 is 0. The molecule has 1 aliphatic heterocycles. The molecule has 1 unspecified atom stereocenters. The van der Waals surface area contributed by atoms with Crippen molar-refractivity contribution in [2.75, 3.05) is 13.1 Å². The Morgan fingerprint density at radius 3 is 2.07 bits per heavy atom. The molecule has 2 nitrogen and oxygen atoms in total. The number of likely N-dealkylation sites (tertiary alicyclic amines) is 1.